The lowest BCUT2D eigenvalue weighted by atomic mass is 10.2. The van der Waals surface area contributed by atoms with Crippen molar-refractivity contribution in [2.75, 3.05) is 17.3 Å². The Hall–Kier alpha value is -2.84. The highest BCUT2D eigenvalue weighted by atomic mass is 79.9. The summed E-state index contributed by atoms with van der Waals surface area (Å²) in [5.41, 5.74) is 4.56. The van der Waals surface area contributed by atoms with Crippen molar-refractivity contribution < 1.29 is 14.4 Å². The molecule has 3 N–H and O–H groups in total. The first-order valence-corrected chi connectivity index (χ1v) is 11.0. The molecule has 0 bridgehead atoms. The summed E-state index contributed by atoms with van der Waals surface area (Å²) in [6.07, 6.45) is 1.67. The average molecular weight is 506 g/mol. The van der Waals surface area contributed by atoms with Gasteiger partial charge in [-0.1, -0.05) is 46.9 Å². The van der Waals surface area contributed by atoms with Gasteiger partial charge in [-0.25, -0.2) is 4.68 Å². The Morgan fingerprint density at radius 2 is 1.87 bits per heavy atom. The standard InChI is InChI=1S/C22H22BrClN4O3/c1-3-4-10-25-21(30)22(31)27-28-18-9-8-15(23)11-14(18)12-19(28)20(29)26-17-7-5-6-16(24)13(17)2/h5-9,11-12H,3-4,10H2,1-2H3,(H,25,30)(H,26,29)(H,27,31). The van der Waals surface area contributed by atoms with E-state index in [0.717, 1.165) is 22.9 Å². The SMILES string of the molecule is CCCCNC(=O)C(=O)Nn1c(C(=O)Nc2cccc(Cl)c2C)cc2cc(Br)ccc21. The Balaban J connectivity index is 1.93. The molecule has 3 amide bonds. The molecule has 0 unspecified atom stereocenters. The molecule has 0 saturated heterocycles. The van der Waals surface area contributed by atoms with E-state index in [0.29, 0.717) is 28.2 Å². The summed E-state index contributed by atoms with van der Waals surface area (Å²) in [6, 6.07) is 12.2. The van der Waals surface area contributed by atoms with Crippen LogP contribution >= 0.6 is 27.5 Å². The Labute approximate surface area is 193 Å². The summed E-state index contributed by atoms with van der Waals surface area (Å²) in [5.74, 6) is -2.07. The lowest BCUT2D eigenvalue weighted by Gasteiger charge is -2.14. The number of benzene rings is 2. The fourth-order valence-electron chi connectivity index (χ4n) is 3.01. The molecule has 0 atom stereocenters. The molecule has 3 aromatic rings. The van der Waals surface area contributed by atoms with E-state index in [9.17, 15) is 14.4 Å². The topological polar surface area (TPSA) is 92.2 Å². The number of anilines is 1. The van der Waals surface area contributed by atoms with Gasteiger partial charge in [-0.3, -0.25) is 19.8 Å². The maximum Gasteiger partial charge on any atom is 0.328 e. The van der Waals surface area contributed by atoms with Gasteiger partial charge in [0.1, 0.15) is 5.69 Å². The van der Waals surface area contributed by atoms with Crippen LogP contribution in [-0.2, 0) is 9.59 Å². The van der Waals surface area contributed by atoms with Crippen LogP contribution in [0.1, 0.15) is 35.8 Å². The number of hydrogen-bond acceptors (Lipinski definition) is 3. The van der Waals surface area contributed by atoms with Gasteiger partial charge in [-0.15, -0.1) is 0 Å². The maximum absolute atomic E-state index is 13.1. The fraction of sp³-hybridized carbons (Fsp3) is 0.227. The monoisotopic (exact) mass is 504 g/mol. The smallest absolute Gasteiger partial charge is 0.328 e. The largest absolute Gasteiger partial charge is 0.348 e. The lowest BCUT2D eigenvalue weighted by molar-refractivity contribution is -0.136. The van der Waals surface area contributed by atoms with Crippen LogP contribution in [0.25, 0.3) is 10.9 Å². The number of rotatable bonds is 6. The molecular weight excluding hydrogens is 484 g/mol. The van der Waals surface area contributed by atoms with Crippen LogP contribution < -0.4 is 16.1 Å². The highest BCUT2D eigenvalue weighted by Gasteiger charge is 2.21. The van der Waals surface area contributed by atoms with Gasteiger partial charge in [0, 0.05) is 27.1 Å². The second-order valence-corrected chi connectivity index (χ2v) is 8.31. The normalized spacial score (nSPS) is 10.7. The number of fused-ring (bicyclic) bond motifs is 1. The first-order chi connectivity index (χ1) is 14.8. The molecule has 7 nitrogen and oxygen atoms in total. The van der Waals surface area contributed by atoms with E-state index in [1.54, 1.807) is 43.3 Å². The van der Waals surface area contributed by atoms with E-state index in [1.807, 2.05) is 13.0 Å². The summed E-state index contributed by atoms with van der Waals surface area (Å²) in [5, 5.41) is 6.63. The number of nitrogens with one attached hydrogen (secondary N) is 3. The van der Waals surface area contributed by atoms with Crippen LogP contribution in [0.3, 0.4) is 0 Å². The molecule has 1 heterocycles. The number of amides is 3. The number of hydrogen-bond donors (Lipinski definition) is 3. The number of unbranched alkanes of at least 4 members (excludes halogenated alkanes) is 1. The van der Waals surface area contributed by atoms with Gasteiger partial charge < -0.3 is 10.6 Å². The van der Waals surface area contributed by atoms with Crippen LogP contribution in [0, 0.1) is 6.92 Å². The third-order valence-electron chi connectivity index (χ3n) is 4.75. The number of halogens is 2. The van der Waals surface area contributed by atoms with Crippen LogP contribution in [0.15, 0.2) is 46.9 Å². The molecule has 9 heteroatoms. The van der Waals surface area contributed by atoms with E-state index in [2.05, 4.69) is 32.0 Å². The molecule has 2 aromatic carbocycles. The van der Waals surface area contributed by atoms with E-state index in [-0.39, 0.29) is 5.69 Å². The molecule has 0 aliphatic heterocycles. The molecule has 0 saturated carbocycles. The van der Waals surface area contributed by atoms with Gasteiger partial charge >= 0.3 is 11.8 Å². The summed E-state index contributed by atoms with van der Waals surface area (Å²) >= 11 is 9.56. The number of aromatic nitrogens is 1. The fourth-order valence-corrected chi connectivity index (χ4v) is 3.57. The highest BCUT2D eigenvalue weighted by Crippen LogP contribution is 2.26. The molecule has 0 spiro atoms. The molecule has 3 rings (SSSR count). The summed E-state index contributed by atoms with van der Waals surface area (Å²) < 4.78 is 2.14. The van der Waals surface area contributed by atoms with Crippen LogP contribution in [0.4, 0.5) is 5.69 Å². The number of carbonyl (C=O) groups excluding carboxylic acids is 3. The van der Waals surface area contributed by atoms with Crippen LogP contribution in [0.5, 0.6) is 0 Å². The zero-order chi connectivity index (χ0) is 22.5. The van der Waals surface area contributed by atoms with Crippen molar-refractivity contribution in [3.8, 4) is 0 Å². The molecule has 0 radical (unpaired) electrons. The molecule has 0 fully saturated rings. The van der Waals surface area contributed by atoms with Crippen molar-refractivity contribution in [3.05, 3.63) is 63.2 Å². The van der Waals surface area contributed by atoms with E-state index in [4.69, 9.17) is 11.6 Å². The van der Waals surface area contributed by atoms with Gasteiger partial charge in [0.05, 0.1) is 5.52 Å². The minimum absolute atomic E-state index is 0.169. The van der Waals surface area contributed by atoms with Gasteiger partial charge in [0.25, 0.3) is 5.91 Å². The maximum atomic E-state index is 13.1. The second kappa shape index (κ2) is 9.98. The first kappa shape index (κ1) is 22.8. The molecule has 162 valence electrons. The zero-order valence-electron chi connectivity index (χ0n) is 17.1. The second-order valence-electron chi connectivity index (χ2n) is 6.99. The third-order valence-corrected chi connectivity index (χ3v) is 5.65. The van der Waals surface area contributed by atoms with E-state index in [1.165, 1.54) is 4.68 Å². The van der Waals surface area contributed by atoms with Crippen molar-refractivity contribution in [1.29, 1.82) is 0 Å². The third kappa shape index (κ3) is 5.26. The molecule has 0 aliphatic carbocycles. The Bertz CT molecular complexity index is 1160. The minimum atomic E-state index is -0.857. The predicted octanol–water partition coefficient (Wildman–Crippen LogP) is 4.60. The van der Waals surface area contributed by atoms with Gasteiger partial charge in [-0.2, -0.15) is 0 Å². The lowest BCUT2D eigenvalue weighted by Crippen LogP contribution is -2.40. The van der Waals surface area contributed by atoms with Crippen LogP contribution in [-0.4, -0.2) is 28.9 Å². The quantitative estimate of drug-likeness (QED) is 0.338. The highest BCUT2D eigenvalue weighted by molar-refractivity contribution is 9.10. The predicted molar refractivity (Wildman–Crippen MR) is 126 cm³/mol. The summed E-state index contributed by atoms with van der Waals surface area (Å²) in [6.45, 7) is 4.19. The van der Waals surface area contributed by atoms with Crippen molar-refractivity contribution in [2.24, 2.45) is 0 Å². The number of nitrogens with zero attached hydrogens (tertiary/aromatic N) is 1. The van der Waals surface area contributed by atoms with Crippen molar-refractivity contribution >= 4 is 61.8 Å². The zero-order valence-corrected chi connectivity index (χ0v) is 19.4. The molecule has 31 heavy (non-hydrogen) atoms. The van der Waals surface area contributed by atoms with Crippen molar-refractivity contribution in [1.82, 2.24) is 9.99 Å². The van der Waals surface area contributed by atoms with E-state index >= 15 is 0 Å². The Morgan fingerprint density at radius 3 is 2.61 bits per heavy atom. The van der Waals surface area contributed by atoms with Crippen LogP contribution in [0.2, 0.25) is 5.02 Å². The summed E-state index contributed by atoms with van der Waals surface area (Å²) in [7, 11) is 0. The summed E-state index contributed by atoms with van der Waals surface area (Å²) in [4.78, 5) is 37.7. The Morgan fingerprint density at radius 1 is 1.10 bits per heavy atom. The van der Waals surface area contributed by atoms with Gasteiger partial charge in [0.2, 0.25) is 0 Å². The number of carbonyl (C=O) groups is 3. The van der Waals surface area contributed by atoms with Gasteiger partial charge in [-0.05, 0) is 55.3 Å². The molecule has 0 aliphatic rings. The Kier molecular flexibility index (Phi) is 7.35. The van der Waals surface area contributed by atoms with E-state index < -0.39 is 17.7 Å². The van der Waals surface area contributed by atoms with Gasteiger partial charge in [0.15, 0.2) is 0 Å². The molecular formula is C22H22BrClN4O3. The van der Waals surface area contributed by atoms with Crippen molar-refractivity contribution in [2.45, 2.75) is 26.7 Å². The average Bonchev–Trinajstić information content (AvgIpc) is 3.08. The van der Waals surface area contributed by atoms with Crippen molar-refractivity contribution in [3.63, 3.8) is 0 Å². The first-order valence-electron chi connectivity index (χ1n) is 9.78. The minimum Gasteiger partial charge on any atom is -0.348 e. The molecule has 1 aromatic heterocycles.